The first-order valence-electron chi connectivity index (χ1n) is 7.41. The summed E-state index contributed by atoms with van der Waals surface area (Å²) in [5.74, 6) is -0.554. The second kappa shape index (κ2) is 5.62. The zero-order chi connectivity index (χ0) is 16.7. The molecule has 0 aliphatic rings. The predicted molar refractivity (Wildman–Crippen MR) is 96.8 cm³/mol. The smallest absolute Gasteiger partial charge is 0.357 e. The molecular weight excluding hydrogens is 322 g/mol. The van der Waals surface area contributed by atoms with Crippen molar-refractivity contribution in [1.82, 2.24) is 4.98 Å². The van der Waals surface area contributed by atoms with Crippen LogP contribution in [0, 0.1) is 0 Å². The van der Waals surface area contributed by atoms with Gasteiger partial charge in [-0.25, -0.2) is 9.78 Å². The molecule has 0 bridgehead atoms. The molecule has 0 radical (unpaired) electrons. The molecule has 24 heavy (non-hydrogen) atoms. The van der Waals surface area contributed by atoms with Gasteiger partial charge in [-0.1, -0.05) is 30.9 Å². The number of pyridine rings is 1. The van der Waals surface area contributed by atoms with E-state index in [1.165, 1.54) is 12.1 Å². The normalized spacial score (nSPS) is 11.2. The summed E-state index contributed by atoms with van der Waals surface area (Å²) in [5, 5.41) is 13.2. The van der Waals surface area contributed by atoms with Crippen molar-refractivity contribution < 1.29 is 14.6 Å². The number of carbonyl (C=O) groups excluding carboxylic acids is 1. The van der Waals surface area contributed by atoms with Gasteiger partial charge in [0.1, 0.15) is 12.4 Å². The highest BCUT2D eigenvalue weighted by Crippen LogP contribution is 2.41. The van der Waals surface area contributed by atoms with Crippen LogP contribution in [0.4, 0.5) is 0 Å². The number of ether oxygens (including phenoxy) is 1. The molecule has 0 aliphatic carbocycles. The van der Waals surface area contributed by atoms with Crippen LogP contribution in [0.15, 0.2) is 55.1 Å². The van der Waals surface area contributed by atoms with Crippen molar-refractivity contribution >= 4 is 48.4 Å². The van der Waals surface area contributed by atoms with Crippen molar-refractivity contribution in [2.45, 2.75) is 0 Å². The molecule has 0 fully saturated rings. The number of esters is 1. The van der Waals surface area contributed by atoms with E-state index in [1.807, 2.05) is 30.3 Å². The third-order valence-corrected chi connectivity index (χ3v) is 4.97. The van der Waals surface area contributed by atoms with Gasteiger partial charge in [0, 0.05) is 26.2 Å². The molecule has 0 aliphatic heterocycles. The maximum absolute atomic E-state index is 12.0. The van der Waals surface area contributed by atoms with E-state index in [-0.39, 0.29) is 18.1 Å². The lowest BCUT2D eigenvalue weighted by atomic mass is 10.1. The van der Waals surface area contributed by atoms with Gasteiger partial charge < -0.3 is 9.84 Å². The highest BCUT2D eigenvalue weighted by Gasteiger charge is 2.16. The van der Waals surface area contributed by atoms with Crippen LogP contribution in [0.25, 0.3) is 31.1 Å². The Labute approximate surface area is 141 Å². The molecule has 0 atom stereocenters. The van der Waals surface area contributed by atoms with Gasteiger partial charge in [0.2, 0.25) is 0 Å². The second-order valence-corrected chi connectivity index (χ2v) is 6.43. The average molecular weight is 335 g/mol. The van der Waals surface area contributed by atoms with Crippen molar-refractivity contribution in [3.05, 3.63) is 60.8 Å². The topological polar surface area (TPSA) is 59.4 Å². The Hall–Kier alpha value is -2.92. The van der Waals surface area contributed by atoms with E-state index in [9.17, 15) is 9.90 Å². The number of carbonyl (C=O) groups is 1. The molecule has 2 aromatic heterocycles. The van der Waals surface area contributed by atoms with E-state index in [1.54, 1.807) is 11.3 Å². The van der Waals surface area contributed by atoms with Crippen LogP contribution in [0.3, 0.4) is 0 Å². The Morgan fingerprint density at radius 1 is 1.21 bits per heavy atom. The molecule has 0 saturated heterocycles. The Morgan fingerprint density at radius 3 is 2.88 bits per heavy atom. The fraction of sp³-hybridized carbons (Fsp3) is 0.0526. The minimum absolute atomic E-state index is 0.0275. The summed E-state index contributed by atoms with van der Waals surface area (Å²) in [4.78, 5) is 16.3. The third-order valence-electron chi connectivity index (χ3n) is 3.83. The SMILES string of the molecule is C=CCOC(=O)c1cc(O)c2c(ccc3sc4ccccc4c32)n1. The Kier molecular flexibility index (Phi) is 3.43. The minimum Gasteiger partial charge on any atom is -0.507 e. The van der Waals surface area contributed by atoms with E-state index in [4.69, 9.17) is 4.74 Å². The molecule has 4 nitrogen and oxygen atoms in total. The predicted octanol–water partition coefficient (Wildman–Crippen LogP) is 4.65. The molecule has 4 rings (SSSR count). The van der Waals surface area contributed by atoms with E-state index < -0.39 is 5.97 Å². The number of nitrogens with zero attached hydrogens (tertiary/aromatic N) is 1. The first-order chi connectivity index (χ1) is 11.7. The van der Waals surface area contributed by atoms with E-state index in [0.717, 1.165) is 20.2 Å². The number of fused-ring (bicyclic) bond motifs is 5. The van der Waals surface area contributed by atoms with Gasteiger partial charge in [-0.2, -0.15) is 0 Å². The van der Waals surface area contributed by atoms with Gasteiger partial charge in [-0.3, -0.25) is 0 Å². The van der Waals surface area contributed by atoms with Crippen LogP contribution in [0.5, 0.6) is 5.75 Å². The van der Waals surface area contributed by atoms with Gasteiger partial charge in [-0.15, -0.1) is 11.3 Å². The lowest BCUT2D eigenvalue weighted by Crippen LogP contribution is -2.07. The maximum Gasteiger partial charge on any atom is 0.357 e. The summed E-state index contributed by atoms with van der Waals surface area (Å²) >= 11 is 1.67. The van der Waals surface area contributed by atoms with Crippen LogP contribution in [-0.2, 0) is 4.74 Å². The molecule has 4 aromatic rings. The summed E-state index contributed by atoms with van der Waals surface area (Å²) in [6.07, 6.45) is 1.49. The average Bonchev–Trinajstić information content (AvgIpc) is 2.98. The summed E-state index contributed by atoms with van der Waals surface area (Å²) in [5.41, 5.74) is 0.650. The Balaban J connectivity index is 2.00. The molecular formula is C19H13NO3S. The zero-order valence-electron chi connectivity index (χ0n) is 12.7. The van der Waals surface area contributed by atoms with Crippen LogP contribution in [-0.4, -0.2) is 22.7 Å². The lowest BCUT2D eigenvalue weighted by Gasteiger charge is -2.07. The van der Waals surface area contributed by atoms with Gasteiger partial charge in [0.15, 0.2) is 5.69 Å². The van der Waals surface area contributed by atoms with Gasteiger partial charge in [-0.05, 0) is 18.2 Å². The van der Waals surface area contributed by atoms with Crippen molar-refractivity contribution in [3.8, 4) is 5.75 Å². The molecule has 0 spiro atoms. The van der Waals surface area contributed by atoms with Gasteiger partial charge in [0.05, 0.1) is 10.9 Å². The molecule has 1 N–H and O–H groups in total. The lowest BCUT2D eigenvalue weighted by molar-refractivity contribution is 0.0543. The molecule has 5 heteroatoms. The Morgan fingerprint density at radius 2 is 2.04 bits per heavy atom. The monoisotopic (exact) mass is 335 g/mol. The standard InChI is InChI=1S/C19H13NO3S/c1-2-9-23-19(22)13-10-14(21)18-12(20-13)7-8-16-17(18)11-5-3-4-6-15(11)24-16/h2-8,10H,1,9H2,(H,20,21). The minimum atomic E-state index is -0.581. The number of aromatic nitrogens is 1. The number of thiophene rings is 1. The Bertz CT molecular complexity index is 1110. The van der Waals surface area contributed by atoms with Crippen LogP contribution in [0.2, 0.25) is 0 Å². The van der Waals surface area contributed by atoms with E-state index in [0.29, 0.717) is 10.9 Å². The first kappa shape index (κ1) is 14.7. The number of hydrogen-bond acceptors (Lipinski definition) is 5. The highest BCUT2D eigenvalue weighted by molar-refractivity contribution is 7.26. The van der Waals surface area contributed by atoms with Crippen molar-refractivity contribution in [2.75, 3.05) is 6.61 Å². The molecule has 0 amide bonds. The molecule has 0 saturated carbocycles. The second-order valence-electron chi connectivity index (χ2n) is 5.34. The third kappa shape index (κ3) is 2.21. The quantitative estimate of drug-likeness (QED) is 0.437. The number of benzene rings is 2. The first-order valence-corrected chi connectivity index (χ1v) is 8.22. The van der Waals surface area contributed by atoms with Crippen molar-refractivity contribution in [2.24, 2.45) is 0 Å². The largest absolute Gasteiger partial charge is 0.507 e. The fourth-order valence-electron chi connectivity index (χ4n) is 2.83. The van der Waals surface area contributed by atoms with Crippen molar-refractivity contribution in [1.29, 1.82) is 0 Å². The number of rotatable bonds is 3. The summed E-state index contributed by atoms with van der Waals surface area (Å²) < 4.78 is 7.21. The number of hydrogen-bond donors (Lipinski definition) is 1. The van der Waals surface area contributed by atoms with Crippen LogP contribution < -0.4 is 0 Å². The van der Waals surface area contributed by atoms with Crippen molar-refractivity contribution in [3.63, 3.8) is 0 Å². The molecule has 2 heterocycles. The summed E-state index contributed by atoms with van der Waals surface area (Å²) in [6, 6.07) is 13.2. The highest BCUT2D eigenvalue weighted by atomic mass is 32.1. The molecule has 0 unspecified atom stereocenters. The zero-order valence-corrected chi connectivity index (χ0v) is 13.5. The summed E-state index contributed by atoms with van der Waals surface area (Å²) in [7, 11) is 0. The molecule has 118 valence electrons. The summed E-state index contributed by atoms with van der Waals surface area (Å²) in [6.45, 7) is 3.61. The van der Waals surface area contributed by atoms with Crippen LogP contribution >= 0.6 is 11.3 Å². The van der Waals surface area contributed by atoms with E-state index >= 15 is 0 Å². The number of aromatic hydroxyl groups is 1. The van der Waals surface area contributed by atoms with Gasteiger partial charge >= 0.3 is 5.97 Å². The molecule has 2 aromatic carbocycles. The van der Waals surface area contributed by atoms with Gasteiger partial charge in [0.25, 0.3) is 0 Å². The fourth-order valence-corrected chi connectivity index (χ4v) is 3.95. The van der Waals surface area contributed by atoms with Crippen LogP contribution in [0.1, 0.15) is 10.5 Å². The maximum atomic E-state index is 12.0. The van der Waals surface area contributed by atoms with E-state index in [2.05, 4.69) is 17.6 Å².